The number of hydrogen-bond acceptors (Lipinski definition) is 4. The van der Waals surface area contributed by atoms with E-state index in [0.29, 0.717) is 12.2 Å². The van der Waals surface area contributed by atoms with Crippen LogP contribution in [0.4, 0.5) is 0 Å². The molecule has 1 aromatic rings. The molecule has 0 aliphatic heterocycles. The van der Waals surface area contributed by atoms with Crippen molar-refractivity contribution >= 4 is 15.3 Å². The number of ether oxygens (including phenoxy) is 1. The molecule has 5 heteroatoms. The van der Waals surface area contributed by atoms with Crippen LogP contribution in [-0.2, 0) is 20.4 Å². The van der Waals surface area contributed by atoms with Gasteiger partial charge >= 0.3 is 15.3 Å². The summed E-state index contributed by atoms with van der Waals surface area (Å²) in [5, 5.41) is 0. The average Bonchev–Trinajstić information content (AvgIpc) is 2.54. The summed E-state index contributed by atoms with van der Waals surface area (Å²) in [6, 6.07) is 8.75. The van der Waals surface area contributed by atoms with E-state index in [1.165, 1.54) is 0 Å². The second-order valence-corrected chi connectivity index (χ2v) is 7.01. The maximum absolute atomic E-state index is 11.3. The van der Waals surface area contributed by atoms with E-state index in [2.05, 4.69) is 13.2 Å². The highest BCUT2D eigenvalue weighted by Gasteiger charge is 2.17. The largest absolute Gasteiger partial charge is 0.519 e. The van der Waals surface area contributed by atoms with Crippen molar-refractivity contribution in [2.24, 2.45) is 0 Å². The van der Waals surface area contributed by atoms with Gasteiger partial charge in [0.05, 0.1) is 6.61 Å². The third-order valence-electron chi connectivity index (χ3n) is 3.15. The number of carbonyl (C=O) groups excluding carboxylic acids is 1. The Morgan fingerprint density at radius 3 is 2.70 bits per heavy atom. The van der Waals surface area contributed by atoms with Gasteiger partial charge in [0.1, 0.15) is 5.75 Å². The molecule has 0 saturated heterocycles. The zero-order chi connectivity index (χ0) is 17.1. The van der Waals surface area contributed by atoms with E-state index in [0.717, 1.165) is 36.6 Å². The lowest BCUT2D eigenvalue weighted by Gasteiger charge is -2.16. The van der Waals surface area contributed by atoms with Gasteiger partial charge in [0.15, 0.2) is 0 Å². The van der Waals surface area contributed by atoms with Crippen LogP contribution in [0.2, 0.25) is 6.04 Å². The van der Waals surface area contributed by atoms with Gasteiger partial charge in [-0.3, -0.25) is 0 Å². The van der Waals surface area contributed by atoms with Crippen LogP contribution in [0.5, 0.6) is 5.75 Å². The fraction of sp³-hybridized carbons (Fsp3) is 0.389. The van der Waals surface area contributed by atoms with Crippen LogP contribution in [0, 0.1) is 0 Å². The second kappa shape index (κ2) is 10.8. The zero-order valence-electron chi connectivity index (χ0n) is 14.0. The van der Waals surface area contributed by atoms with Crippen LogP contribution in [-0.4, -0.2) is 29.0 Å². The maximum Gasteiger partial charge on any atom is 0.457 e. The SMILES string of the molecule is C=CCc1ccccc1O[Si](CCCCOC(=O)C(=C)C)OC. The van der Waals surface area contributed by atoms with E-state index in [1.54, 1.807) is 14.0 Å². The first-order valence-corrected chi connectivity index (χ1v) is 9.20. The monoisotopic (exact) mass is 333 g/mol. The van der Waals surface area contributed by atoms with Gasteiger partial charge in [-0.1, -0.05) is 30.9 Å². The summed E-state index contributed by atoms with van der Waals surface area (Å²) in [5.74, 6) is 0.522. The van der Waals surface area contributed by atoms with Crippen LogP contribution < -0.4 is 4.43 Å². The molecule has 1 radical (unpaired) electrons. The zero-order valence-corrected chi connectivity index (χ0v) is 15.0. The Labute approximate surface area is 140 Å². The quantitative estimate of drug-likeness (QED) is 0.203. The predicted molar refractivity (Wildman–Crippen MR) is 93.5 cm³/mol. The van der Waals surface area contributed by atoms with Crippen molar-refractivity contribution in [3.05, 3.63) is 54.6 Å². The van der Waals surface area contributed by atoms with Crippen molar-refractivity contribution < 1.29 is 18.4 Å². The van der Waals surface area contributed by atoms with E-state index in [4.69, 9.17) is 13.6 Å². The molecule has 4 nitrogen and oxygen atoms in total. The van der Waals surface area contributed by atoms with Gasteiger partial charge in [-0.15, -0.1) is 6.58 Å². The Balaban J connectivity index is 2.39. The van der Waals surface area contributed by atoms with Crippen molar-refractivity contribution in [3.63, 3.8) is 0 Å². The number of unbranched alkanes of at least 4 members (excludes halogenated alkanes) is 1. The topological polar surface area (TPSA) is 44.8 Å². The number of benzene rings is 1. The van der Waals surface area contributed by atoms with Crippen molar-refractivity contribution in [2.75, 3.05) is 13.7 Å². The van der Waals surface area contributed by atoms with Gasteiger partial charge in [-0.2, -0.15) is 0 Å². The maximum atomic E-state index is 11.3. The molecule has 0 fully saturated rings. The summed E-state index contributed by atoms with van der Waals surface area (Å²) in [6.45, 7) is 9.36. The van der Waals surface area contributed by atoms with Crippen molar-refractivity contribution in [1.82, 2.24) is 0 Å². The van der Waals surface area contributed by atoms with E-state index in [1.807, 2.05) is 30.3 Å². The molecule has 1 aromatic carbocycles. The van der Waals surface area contributed by atoms with Crippen LogP contribution >= 0.6 is 0 Å². The van der Waals surface area contributed by atoms with Crippen LogP contribution in [0.25, 0.3) is 0 Å². The molecule has 0 spiro atoms. The summed E-state index contributed by atoms with van der Waals surface area (Å²) in [7, 11) is 0.287. The molecule has 0 atom stereocenters. The lowest BCUT2D eigenvalue weighted by Crippen LogP contribution is -2.25. The number of para-hydroxylation sites is 1. The highest BCUT2D eigenvalue weighted by atomic mass is 28.3. The Kier molecular flexibility index (Phi) is 9.02. The van der Waals surface area contributed by atoms with Gasteiger partial charge in [0, 0.05) is 18.7 Å². The van der Waals surface area contributed by atoms with Crippen molar-refractivity contribution in [1.29, 1.82) is 0 Å². The lowest BCUT2D eigenvalue weighted by atomic mass is 10.1. The first kappa shape index (κ1) is 19.2. The lowest BCUT2D eigenvalue weighted by molar-refractivity contribution is -0.139. The fourth-order valence-electron chi connectivity index (χ4n) is 1.90. The minimum atomic E-state index is -1.39. The number of rotatable bonds is 11. The number of esters is 1. The molecule has 0 heterocycles. The van der Waals surface area contributed by atoms with E-state index >= 15 is 0 Å². The van der Waals surface area contributed by atoms with Gasteiger partial charge in [0.2, 0.25) is 0 Å². The summed E-state index contributed by atoms with van der Waals surface area (Å²) >= 11 is 0. The van der Waals surface area contributed by atoms with E-state index in [9.17, 15) is 4.79 Å². The van der Waals surface area contributed by atoms with Gasteiger partial charge in [0.25, 0.3) is 0 Å². The van der Waals surface area contributed by atoms with Crippen LogP contribution in [0.3, 0.4) is 0 Å². The summed E-state index contributed by atoms with van der Waals surface area (Å²) < 4.78 is 16.6. The molecule has 23 heavy (non-hydrogen) atoms. The molecule has 0 unspecified atom stereocenters. The predicted octanol–water partition coefficient (Wildman–Crippen LogP) is 3.83. The summed E-state index contributed by atoms with van der Waals surface area (Å²) in [4.78, 5) is 11.3. The Morgan fingerprint density at radius 2 is 2.04 bits per heavy atom. The molecule has 0 aromatic heterocycles. The van der Waals surface area contributed by atoms with E-state index < -0.39 is 9.28 Å². The first-order chi connectivity index (χ1) is 11.1. The molecule has 0 amide bonds. The van der Waals surface area contributed by atoms with Crippen molar-refractivity contribution in [2.45, 2.75) is 32.2 Å². The smallest absolute Gasteiger partial charge is 0.457 e. The Hall–Kier alpha value is -1.85. The molecule has 0 N–H and O–H groups in total. The normalized spacial score (nSPS) is 10.4. The first-order valence-electron chi connectivity index (χ1n) is 7.67. The third-order valence-corrected chi connectivity index (χ3v) is 4.81. The number of carbonyl (C=O) groups is 1. The standard InChI is InChI=1S/C18H25O4Si/c1-5-10-16-11-6-7-12-17(16)22-23(20-4)14-9-8-13-21-18(19)15(2)3/h5-7,11-12H,1-2,8-10,13-14H2,3-4H3. The highest BCUT2D eigenvalue weighted by molar-refractivity contribution is 6.45. The van der Waals surface area contributed by atoms with Crippen LogP contribution in [0.15, 0.2) is 49.1 Å². The second-order valence-electron chi connectivity index (χ2n) is 5.15. The summed E-state index contributed by atoms with van der Waals surface area (Å²) in [6.07, 6.45) is 4.30. The van der Waals surface area contributed by atoms with E-state index in [-0.39, 0.29) is 5.97 Å². The number of allylic oxidation sites excluding steroid dienone is 1. The molecular formula is C18H25O4Si. The molecule has 0 aliphatic rings. The molecule has 0 saturated carbocycles. The minimum Gasteiger partial charge on any atom is -0.519 e. The molecule has 0 aliphatic carbocycles. The molecule has 0 bridgehead atoms. The van der Waals surface area contributed by atoms with Crippen LogP contribution in [0.1, 0.15) is 25.3 Å². The summed E-state index contributed by atoms with van der Waals surface area (Å²) in [5.41, 5.74) is 1.53. The van der Waals surface area contributed by atoms with Gasteiger partial charge < -0.3 is 13.6 Å². The Bertz CT molecular complexity index is 528. The molecule has 125 valence electrons. The average molecular weight is 333 g/mol. The molecular weight excluding hydrogens is 308 g/mol. The van der Waals surface area contributed by atoms with Gasteiger partial charge in [-0.25, -0.2) is 4.79 Å². The molecule has 1 rings (SSSR count). The minimum absolute atomic E-state index is 0.336. The van der Waals surface area contributed by atoms with Gasteiger partial charge in [-0.05, 0) is 37.8 Å². The third kappa shape index (κ3) is 7.30. The highest BCUT2D eigenvalue weighted by Crippen LogP contribution is 2.21. The fourth-order valence-corrected chi connectivity index (χ4v) is 3.28. The Morgan fingerprint density at radius 1 is 1.30 bits per heavy atom. The number of hydrogen-bond donors (Lipinski definition) is 0. The van der Waals surface area contributed by atoms with Crippen molar-refractivity contribution in [3.8, 4) is 5.75 Å².